The van der Waals surface area contributed by atoms with Crippen LogP contribution in [0.4, 0.5) is 0 Å². The molecule has 33 heavy (non-hydrogen) atoms. The van der Waals surface area contributed by atoms with Gasteiger partial charge in [-0.2, -0.15) is 5.10 Å². The summed E-state index contributed by atoms with van der Waals surface area (Å²) in [5, 5.41) is 4.87. The van der Waals surface area contributed by atoms with Gasteiger partial charge in [-0.25, -0.2) is 9.50 Å². The molecule has 1 saturated carbocycles. The Bertz CT molecular complexity index is 1190. The summed E-state index contributed by atoms with van der Waals surface area (Å²) in [6.45, 7) is 4.80. The van der Waals surface area contributed by atoms with Gasteiger partial charge in [-0.05, 0) is 81.7 Å². The Morgan fingerprint density at radius 3 is 2.70 bits per heavy atom. The van der Waals surface area contributed by atoms with Gasteiger partial charge in [0.2, 0.25) is 0 Å². The normalized spacial score (nSPS) is 23.3. The minimum Gasteiger partial charge on any atom is -0.497 e. The maximum absolute atomic E-state index is 13.6. The van der Waals surface area contributed by atoms with E-state index in [4.69, 9.17) is 20.6 Å². The molecule has 0 radical (unpaired) electrons. The monoisotopic (exact) mass is 447 g/mol. The van der Waals surface area contributed by atoms with Crippen LogP contribution in [0.25, 0.3) is 5.65 Å². The number of amides is 1. The van der Waals surface area contributed by atoms with Crippen molar-refractivity contribution in [3.05, 3.63) is 58.5 Å². The van der Waals surface area contributed by atoms with E-state index in [-0.39, 0.29) is 18.0 Å². The summed E-state index contributed by atoms with van der Waals surface area (Å²) in [7, 11) is 1.64. The summed E-state index contributed by atoms with van der Waals surface area (Å²) in [5.41, 5.74) is 11.9. The van der Waals surface area contributed by atoms with Crippen LogP contribution >= 0.6 is 0 Å². The van der Waals surface area contributed by atoms with Gasteiger partial charge in [-0.1, -0.05) is 0 Å². The molecule has 2 aliphatic rings. The highest BCUT2D eigenvalue weighted by molar-refractivity contribution is 5.96. The number of carbonyl (C=O) groups excluding carboxylic acids is 1. The Morgan fingerprint density at radius 2 is 1.97 bits per heavy atom. The van der Waals surface area contributed by atoms with Crippen LogP contribution in [0.3, 0.4) is 0 Å². The first-order valence-corrected chi connectivity index (χ1v) is 12.0. The molecule has 2 N–H and O–H groups in total. The first-order valence-electron chi connectivity index (χ1n) is 12.0. The van der Waals surface area contributed by atoms with Crippen molar-refractivity contribution in [3.63, 3.8) is 0 Å². The third-order valence-corrected chi connectivity index (χ3v) is 7.32. The zero-order valence-corrected chi connectivity index (χ0v) is 19.8. The van der Waals surface area contributed by atoms with Crippen LogP contribution in [-0.4, -0.2) is 45.1 Å². The largest absolute Gasteiger partial charge is 0.497 e. The van der Waals surface area contributed by atoms with E-state index in [0.29, 0.717) is 5.92 Å². The minimum atomic E-state index is -0.0434. The smallest absolute Gasteiger partial charge is 0.254 e. The molecule has 7 nitrogen and oxygen atoms in total. The zero-order chi connectivity index (χ0) is 23.1. The average Bonchev–Trinajstić information content (AvgIpc) is 3.43. The van der Waals surface area contributed by atoms with Crippen molar-refractivity contribution in [2.24, 2.45) is 5.73 Å². The molecule has 7 heteroatoms. The topological polar surface area (TPSA) is 85.8 Å². The van der Waals surface area contributed by atoms with Crippen LogP contribution in [0.15, 0.2) is 30.5 Å². The summed E-state index contributed by atoms with van der Waals surface area (Å²) in [6, 6.07) is 7.94. The van der Waals surface area contributed by atoms with Gasteiger partial charge in [0, 0.05) is 36.3 Å². The van der Waals surface area contributed by atoms with E-state index in [9.17, 15) is 4.79 Å². The summed E-state index contributed by atoms with van der Waals surface area (Å²) in [5.74, 6) is 1.25. The molecule has 1 aliphatic carbocycles. The number of aromatic nitrogens is 3. The third-order valence-electron chi connectivity index (χ3n) is 7.32. The standard InChI is InChI=1S/C26H33N5O2/c1-16-12-20(33-3)9-10-21(16)26(32)30-11-5-4-6-23(30)22-14-24-28-25(17(2)15-31(24)29-22)18-7-8-19(27)13-18/h9-10,12,14-15,18-19,23H,4-8,11,13,27H2,1-3H3/t18?,19-,23-/m0/s1. The van der Waals surface area contributed by atoms with E-state index in [0.717, 1.165) is 84.5 Å². The molecule has 2 aromatic heterocycles. The Balaban J connectivity index is 1.46. The number of nitrogens with two attached hydrogens (primary N) is 1. The quantitative estimate of drug-likeness (QED) is 0.644. The summed E-state index contributed by atoms with van der Waals surface area (Å²) in [4.78, 5) is 20.5. The first kappa shape index (κ1) is 21.9. The number of carbonyl (C=O) groups is 1. The molecule has 1 aliphatic heterocycles. The Labute approximate surface area is 194 Å². The number of piperidine rings is 1. The Morgan fingerprint density at radius 1 is 1.12 bits per heavy atom. The van der Waals surface area contributed by atoms with Crippen molar-refractivity contribution < 1.29 is 9.53 Å². The number of nitrogens with zero attached hydrogens (tertiary/aromatic N) is 4. The highest BCUT2D eigenvalue weighted by Gasteiger charge is 2.32. The van der Waals surface area contributed by atoms with Gasteiger partial charge < -0.3 is 15.4 Å². The molecule has 3 heterocycles. The second-order valence-corrected chi connectivity index (χ2v) is 9.64. The minimum absolute atomic E-state index is 0.0434. The number of hydrogen-bond acceptors (Lipinski definition) is 5. The molecule has 174 valence electrons. The van der Waals surface area contributed by atoms with Crippen LogP contribution in [0, 0.1) is 13.8 Å². The number of methoxy groups -OCH3 is 1. The molecule has 2 fully saturated rings. The van der Waals surface area contributed by atoms with Gasteiger partial charge in [0.15, 0.2) is 5.65 Å². The molecule has 5 rings (SSSR count). The van der Waals surface area contributed by atoms with Crippen LogP contribution < -0.4 is 10.5 Å². The first-order chi connectivity index (χ1) is 15.9. The predicted molar refractivity (Wildman–Crippen MR) is 128 cm³/mol. The number of ether oxygens (including phenoxy) is 1. The van der Waals surface area contributed by atoms with Crippen molar-refractivity contribution in [2.75, 3.05) is 13.7 Å². The van der Waals surface area contributed by atoms with E-state index < -0.39 is 0 Å². The highest BCUT2D eigenvalue weighted by atomic mass is 16.5. The van der Waals surface area contributed by atoms with Gasteiger partial charge in [0.1, 0.15) is 5.75 Å². The lowest BCUT2D eigenvalue weighted by atomic mass is 9.97. The van der Waals surface area contributed by atoms with Crippen molar-refractivity contribution in [1.82, 2.24) is 19.5 Å². The summed E-state index contributed by atoms with van der Waals surface area (Å²) >= 11 is 0. The fourth-order valence-electron chi connectivity index (χ4n) is 5.52. The van der Waals surface area contributed by atoms with Gasteiger partial charge in [-0.15, -0.1) is 0 Å². The van der Waals surface area contributed by atoms with Gasteiger partial charge in [0.05, 0.1) is 24.5 Å². The van der Waals surface area contributed by atoms with Gasteiger partial charge in [-0.3, -0.25) is 4.79 Å². The number of hydrogen-bond donors (Lipinski definition) is 1. The fourth-order valence-corrected chi connectivity index (χ4v) is 5.52. The Kier molecular flexibility index (Phi) is 5.83. The molecule has 0 bridgehead atoms. The maximum atomic E-state index is 13.6. The molecular weight excluding hydrogens is 414 g/mol. The second kappa shape index (κ2) is 8.78. The zero-order valence-electron chi connectivity index (χ0n) is 19.8. The lowest BCUT2D eigenvalue weighted by Gasteiger charge is -2.35. The molecule has 1 aromatic carbocycles. The fraction of sp³-hybridized carbons (Fsp3) is 0.500. The average molecular weight is 448 g/mol. The van der Waals surface area contributed by atoms with Crippen molar-refractivity contribution in [3.8, 4) is 5.75 Å². The summed E-state index contributed by atoms with van der Waals surface area (Å²) < 4.78 is 7.18. The van der Waals surface area contributed by atoms with E-state index >= 15 is 0 Å². The van der Waals surface area contributed by atoms with Crippen LogP contribution in [0.2, 0.25) is 0 Å². The number of fused-ring (bicyclic) bond motifs is 1. The molecular formula is C26H33N5O2. The molecule has 1 saturated heterocycles. The van der Waals surface area contributed by atoms with Crippen LogP contribution in [-0.2, 0) is 0 Å². The predicted octanol–water partition coefficient (Wildman–Crippen LogP) is 4.32. The van der Waals surface area contributed by atoms with E-state index in [1.165, 1.54) is 0 Å². The van der Waals surface area contributed by atoms with E-state index in [1.54, 1.807) is 7.11 Å². The molecule has 0 spiro atoms. The number of aryl methyl sites for hydroxylation is 2. The van der Waals surface area contributed by atoms with Crippen molar-refractivity contribution in [2.45, 2.75) is 70.4 Å². The lowest BCUT2D eigenvalue weighted by molar-refractivity contribution is 0.0605. The van der Waals surface area contributed by atoms with Crippen LogP contribution in [0.1, 0.15) is 83.4 Å². The van der Waals surface area contributed by atoms with Gasteiger partial charge in [0.25, 0.3) is 5.91 Å². The maximum Gasteiger partial charge on any atom is 0.254 e. The van der Waals surface area contributed by atoms with Crippen molar-refractivity contribution in [1.29, 1.82) is 0 Å². The van der Waals surface area contributed by atoms with Crippen LogP contribution in [0.5, 0.6) is 5.75 Å². The highest BCUT2D eigenvalue weighted by Crippen LogP contribution is 2.36. The lowest BCUT2D eigenvalue weighted by Crippen LogP contribution is -2.39. The SMILES string of the molecule is COc1ccc(C(=O)N2CCCC[C@H]2c2cc3nc(C4CC[C@H](N)C4)c(C)cn3n2)c(C)c1. The van der Waals surface area contributed by atoms with E-state index in [1.807, 2.05) is 34.5 Å². The molecule has 3 aromatic rings. The van der Waals surface area contributed by atoms with E-state index in [2.05, 4.69) is 19.2 Å². The molecule has 3 atom stereocenters. The number of benzene rings is 1. The second-order valence-electron chi connectivity index (χ2n) is 9.64. The van der Waals surface area contributed by atoms with Crippen molar-refractivity contribution >= 4 is 11.6 Å². The van der Waals surface area contributed by atoms with Gasteiger partial charge >= 0.3 is 0 Å². The third kappa shape index (κ3) is 4.10. The Hall–Kier alpha value is -2.93. The number of rotatable bonds is 4. The number of likely N-dealkylation sites (tertiary alicyclic amines) is 1. The molecule has 1 amide bonds. The molecule has 1 unspecified atom stereocenters. The summed E-state index contributed by atoms with van der Waals surface area (Å²) in [6.07, 6.45) is 8.23.